The number of rotatable bonds is 7. The molecule has 0 N–H and O–H groups in total. The number of carbonyl (C=O) groups excluding carboxylic acids is 1. The Labute approximate surface area is 158 Å². The molecule has 6 nitrogen and oxygen atoms in total. The Morgan fingerprint density at radius 3 is 2.65 bits per heavy atom. The van der Waals surface area contributed by atoms with Crippen LogP contribution in [0.15, 0.2) is 29.6 Å². The fraction of sp³-hybridized carbons (Fsp3) is 0.474. The van der Waals surface area contributed by atoms with Gasteiger partial charge in [0.05, 0.1) is 22.9 Å². The van der Waals surface area contributed by atoms with Crippen molar-refractivity contribution in [3.05, 3.63) is 45.9 Å². The van der Waals surface area contributed by atoms with Gasteiger partial charge in [-0.05, 0) is 19.1 Å². The third-order valence-electron chi connectivity index (χ3n) is 4.37. The minimum atomic E-state index is 0.0298. The number of carbonyl (C=O) groups is 1. The molecule has 0 unspecified atom stereocenters. The molecule has 3 rings (SSSR count). The van der Waals surface area contributed by atoms with Crippen molar-refractivity contribution >= 4 is 17.2 Å². The quantitative estimate of drug-likeness (QED) is 0.696. The summed E-state index contributed by atoms with van der Waals surface area (Å²) in [5.74, 6) is 0.650. The van der Waals surface area contributed by atoms with Crippen molar-refractivity contribution in [2.75, 3.05) is 46.5 Å². The Balaban J connectivity index is 1.56. The van der Waals surface area contributed by atoms with E-state index in [1.54, 1.807) is 18.4 Å². The monoisotopic (exact) mass is 375 g/mol. The van der Waals surface area contributed by atoms with Gasteiger partial charge in [0.2, 0.25) is 0 Å². The zero-order chi connectivity index (χ0) is 18.4. The van der Waals surface area contributed by atoms with Crippen molar-refractivity contribution in [3.63, 3.8) is 0 Å². The molecular formula is C19H25N3O3S. The predicted octanol–water partition coefficient (Wildman–Crippen LogP) is 2.43. The summed E-state index contributed by atoms with van der Waals surface area (Å²) in [6, 6.07) is 7.42. The number of aryl methyl sites for hydroxylation is 1. The second-order valence-electron chi connectivity index (χ2n) is 6.26. The maximum atomic E-state index is 12.9. The smallest absolute Gasteiger partial charge is 0.257 e. The lowest BCUT2D eigenvalue weighted by atomic mass is 10.1. The molecule has 1 saturated heterocycles. The van der Waals surface area contributed by atoms with Crippen LogP contribution in [-0.2, 0) is 11.3 Å². The fourth-order valence-electron chi connectivity index (χ4n) is 2.99. The van der Waals surface area contributed by atoms with Crippen molar-refractivity contribution in [1.82, 2.24) is 14.8 Å². The van der Waals surface area contributed by atoms with Crippen molar-refractivity contribution in [2.24, 2.45) is 0 Å². The molecule has 0 atom stereocenters. The molecular weight excluding hydrogens is 350 g/mol. The molecule has 0 aliphatic carbocycles. The second-order valence-corrected chi connectivity index (χ2v) is 7.33. The summed E-state index contributed by atoms with van der Waals surface area (Å²) < 4.78 is 10.7. The molecule has 7 heteroatoms. The highest BCUT2D eigenvalue weighted by Gasteiger charge is 2.24. The SMILES string of the molecule is COCCOc1ccccc1C(=O)N1CCN(Cc2csc(C)n2)CC1. The molecule has 140 valence electrons. The highest BCUT2D eigenvalue weighted by molar-refractivity contribution is 7.09. The van der Waals surface area contributed by atoms with Gasteiger partial charge in [0.1, 0.15) is 12.4 Å². The topological polar surface area (TPSA) is 54.9 Å². The fourth-order valence-corrected chi connectivity index (χ4v) is 3.60. The number of methoxy groups -OCH3 is 1. The number of thiazole rings is 1. The predicted molar refractivity (Wildman–Crippen MR) is 102 cm³/mol. The van der Waals surface area contributed by atoms with Crippen LogP contribution in [0.2, 0.25) is 0 Å². The van der Waals surface area contributed by atoms with E-state index in [0.29, 0.717) is 37.6 Å². The van der Waals surface area contributed by atoms with E-state index in [-0.39, 0.29) is 5.91 Å². The van der Waals surface area contributed by atoms with Crippen molar-refractivity contribution < 1.29 is 14.3 Å². The standard InChI is InChI=1S/C19H25N3O3S/c1-15-20-16(14-26-15)13-21-7-9-22(10-8-21)19(23)17-5-3-4-6-18(17)25-12-11-24-2/h3-6,14H,7-13H2,1-2H3. The molecule has 1 aliphatic heterocycles. The van der Waals surface area contributed by atoms with E-state index in [0.717, 1.165) is 30.3 Å². The first-order chi connectivity index (χ1) is 12.7. The van der Waals surface area contributed by atoms with Crippen LogP contribution in [0.4, 0.5) is 0 Å². The molecule has 2 heterocycles. The minimum Gasteiger partial charge on any atom is -0.490 e. The molecule has 0 radical (unpaired) electrons. The van der Waals surface area contributed by atoms with Crippen LogP contribution in [0.25, 0.3) is 0 Å². The van der Waals surface area contributed by atoms with Gasteiger partial charge >= 0.3 is 0 Å². The first-order valence-corrected chi connectivity index (χ1v) is 9.68. The van der Waals surface area contributed by atoms with Gasteiger partial charge in [-0.3, -0.25) is 9.69 Å². The molecule has 1 aromatic heterocycles. The Morgan fingerprint density at radius 2 is 1.96 bits per heavy atom. The van der Waals surface area contributed by atoms with Gasteiger partial charge in [-0.1, -0.05) is 12.1 Å². The van der Waals surface area contributed by atoms with Crippen molar-refractivity contribution in [2.45, 2.75) is 13.5 Å². The highest BCUT2D eigenvalue weighted by atomic mass is 32.1. The van der Waals surface area contributed by atoms with E-state index in [1.165, 1.54) is 0 Å². The number of amides is 1. The molecule has 26 heavy (non-hydrogen) atoms. The van der Waals surface area contributed by atoms with E-state index in [1.807, 2.05) is 36.1 Å². The Morgan fingerprint density at radius 1 is 1.19 bits per heavy atom. The van der Waals surface area contributed by atoms with Gasteiger partial charge in [-0.25, -0.2) is 4.98 Å². The maximum absolute atomic E-state index is 12.9. The van der Waals surface area contributed by atoms with Crippen LogP contribution >= 0.6 is 11.3 Å². The number of aromatic nitrogens is 1. The molecule has 0 saturated carbocycles. The number of para-hydroxylation sites is 1. The van der Waals surface area contributed by atoms with Crippen LogP contribution in [0, 0.1) is 6.92 Å². The summed E-state index contributed by atoms with van der Waals surface area (Å²) in [5.41, 5.74) is 1.73. The van der Waals surface area contributed by atoms with Crippen LogP contribution < -0.4 is 4.74 Å². The van der Waals surface area contributed by atoms with Crippen molar-refractivity contribution in [1.29, 1.82) is 0 Å². The average Bonchev–Trinajstić information content (AvgIpc) is 3.07. The summed E-state index contributed by atoms with van der Waals surface area (Å²) in [6.07, 6.45) is 0. The Hall–Kier alpha value is -1.96. The molecule has 2 aromatic rings. The van der Waals surface area contributed by atoms with Gasteiger partial charge in [-0.2, -0.15) is 0 Å². The molecule has 0 spiro atoms. The van der Waals surface area contributed by atoms with Gasteiger partial charge in [0, 0.05) is 45.2 Å². The van der Waals surface area contributed by atoms with Crippen LogP contribution in [0.3, 0.4) is 0 Å². The first-order valence-electron chi connectivity index (χ1n) is 8.81. The van der Waals surface area contributed by atoms with Crippen LogP contribution in [0.5, 0.6) is 5.75 Å². The highest BCUT2D eigenvalue weighted by Crippen LogP contribution is 2.21. The summed E-state index contributed by atoms with van der Waals surface area (Å²) >= 11 is 1.68. The lowest BCUT2D eigenvalue weighted by Crippen LogP contribution is -2.48. The minimum absolute atomic E-state index is 0.0298. The van der Waals surface area contributed by atoms with E-state index in [2.05, 4.69) is 15.3 Å². The third kappa shape index (κ3) is 4.81. The molecule has 1 aromatic carbocycles. The number of hydrogen-bond acceptors (Lipinski definition) is 6. The summed E-state index contributed by atoms with van der Waals surface area (Å²) in [4.78, 5) is 21.7. The number of nitrogens with zero attached hydrogens (tertiary/aromatic N) is 3. The Kier molecular flexibility index (Phi) is 6.60. The van der Waals surface area contributed by atoms with Crippen molar-refractivity contribution in [3.8, 4) is 5.75 Å². The summed E-state index contributed by atoms with van der Waals surface area (Å²) in [6.45, 7) is 6.95. The largest absolute Gasteiger partial charge is 0.490 e. The normalized spacial score (nSPS) is 15.2. The van der Waals surface area contributed by atoms with E-state index in [9.17, 15) is 4.79 Å². The summed E-state index contributed by atoms with van der Waals surface area (Å²) in [5, 5.41) is 3.21. The Bertz CT molecular complexity index is 726. The molecule has 1 amide bonds. The van der Waals surface area contributed by atoms with E-state index < -0.39 is 0 Å². The number of benzene rings is 1. The van der Waals surface area contributed by atoms with Crippen LogP contribution in [0.1, 0.15) is 21.1 Å². The number of hydrogen-bond donors (Lipinski definition) is 0. The average molecular weight is 375 g/mol. The van der Waals surface area contributed by atoms with E-state index >= 15 is 0 Å². The van der Waals surface area contributed by atoms with Gasteiger partial charge in [-0.15, -0.1) is 11.3 Å². The number of ether oxygens (including phenoxy) is 2. The summed E-state index contributed by atoms with van der Waals surface area (Å²) in [7, 11) is 1.63. The molecule has 1 aliphatic rings. The zero-order valence-corrected chi connectivity index (χ0v) is 16.1. The molecule has 0 bridgehead atoms. The third-order valence-corrected chi connectivity index (χ3v) is 5.20. The number of piperazine rings is 1. The van der Waals surface area contributed by atoms with Crippen LogP contribution in [-0.4, -0.2) is 67.2 Å². The van der Waals surface area contributed by atoms with Gasteiger partial charge in [0.25, 0.3) is 5.91 Å². The van der Waals surface area contributed by atoms with E-state index in [4.69, 9.17) is 9.47 Å². The first kappa shape index (κ1) is 18.8. The van der Waals surface area contributed by atoms with Gasteiger partial charge in [0.15, 0.2) is 0 Å². The van der Waals surface area contributed by atoms with Gasteiger partial charge < -0.3 is 14.4 Å². The molecule has 1 fully saturated rings. The maximum Gasteiger partial charge on any atom is 0.257 e. The lowest BCUT2D eigenvalue weighted by molar-refractivity contribution is 0.0621. The second kappa shape index (κ2) is 9.12. The lowest BCUT2D eigenvalue weighted by Gasteiger charge is -2.34. The zero-order valence-electron chi connectivity index (χ0n) is 15.3.